The highest BCUT2D eigenvalue weighted by Gasteiger charge is 2.10. The molecule has 0 fully saturated rings. The molecular weight excluding hydrogens is 350 g/mol. The van der Waals surface area contributed by atoms with Crippen molar-refractivity contribution in [1.82, 2.24) is 15.0 Å². The number of anilines is 3. The lowest BCUT2D eigenvalue weighted by Gasteiger charge is -2.14. The van der Waals surface area contributed by atoms with Crippen LogP contribution in [0.4, 0.5) is 17.5 Å². The number of aryl methyl sites for hydroxylation is 1. The second-order valence-corrected chi connectivity index (χ2v) is 6.40. The fourth-order valence-electron chi connectivity index (χ4n) is 2.36. The number of rotatable bonds is 6. The largest absolute Gasteiger partial charge is 0.394 e. The SMILES string of the molecule is Cc1cc(Nc2cc(-c3ccccn3)nc(N[C@H](C)CO)n2)ccc1Cl. The molecule has 0 radical (unpaired) electrons. The summed E-state index contributed by atoms with van der Waals surface area (Å²) in [5.41, 5.74) is 3.27. The summed E-state index contributed by atoms with van der Waals surface area (Å²) < 4.78 is 0. The molecule has 2 heterocycles. The van der Waals surface area contributed by atoms with Crippen LogP contribution < -0.4 is 10.6 Å². The average Bonchev–Trinajstić information content (AvgIpc) is 2.65. The lowest BCUT2D eigenvalue weighted by atomic mass is 10.2. The van der Waals surface area contributed by atoms with Crippen molar-refractivity contribution in [2.24, 2.45) is 0 Å². The topological polar surface area (TPSA) is 83.0 Å². The minimum atomic E-state index is -0.167. The number of aliphatic hydroxyl groups excluding tert-OH is 1. The third kappa shape index (κ3) is 4.47. The number of benzene rings is 1. The predicted octanol–water partition coefficient (Wildman–Crippen LogP) is 4.04. The van der Waals surface area contributed by atoms with Gasteiger partial charge in [0, 0.05) is 29.0 Å². The van der Waals surface area contributed by atoms with Crippen LogP contribution in [0.2, 0.25) is 5.02 Å². The number of halogens is 1. The Labute approximate surface area is 157 Å². The monoisotopic (exact) mass is 369 g/mol. The van der Waals surface area contributed by atoms with Crippen molar-refractivity contribution >= 4 is 29.1 Å². The number of hydrogen-bond donors (Lipinski definition) is 3. The molecule has 3 rings (SSSR count). The lowest BCUT2D eigenvalue weighted by Crippen LogP contribution is -2.21. The molecule has 1 atom stereocenters. The molecule has 2 aromatic heterocycles. The predicted molar refractivity (Wildman–Crippen MR) is 105 cm³/mol. The van der Waals surface area contributed by atoms with Gasteiger partial charge in [-0.2, -0.15) is 4.98 Å². The molecule has 0 spiro atoms. The van der Waals surface area contributed by atoms with E-state index in [2.05, 4.69) is 25.6 Å². The second kappa shape index (κ2) is 8.12. The van der Waals surface area contributed by atoms with E-state index in [0.29, 0.717) is 22.5 Å². The number of aliphatic hydroxyl groups is 1. The zero-order valence-corrected chi connectivity index (χ0v) is 15.3. The summed E-state index contributed by atoms with van der Waals surface area (Å²) in [5, 5.41) is 16.4. The highest BCUT2D eigenvalue weighted by Crippen LogP contribution is 2.25. The van der Waals surface area contributed by atoms with Crippen LogP contribution in [-0.2, 0) is 0 Å². The van der Waals surface area contributed by atoms with Gasteiger partial charge in [0.2, 0.25) is 5.95 Å². The van der Waals surface area contributed by atoms with Gasteiger partial charge in [-0.05, 0) is 49.7 Å². The quantitative estimate of drug-likeness (QED) is 0.608. The molecule has 7 heteroatoms. The van der Waals surface area contributed by atoms with E-state index in [1.54, 1.807) is 6.20 Å². The van der Waals surface area contributed by atoms with Gasteiger partial charge in [-0.1, -0.05) is 17.7 Å². The maximum absolute atomic E-state index is 9.28. The van der Waals surface area contributed by atoms with Crippen LogP contribution in [0.15, 0.2) is 48.7 Å². The molecule has 0 aliphatic heterocycles. The van der Waals surface area contributed by atoms with Crippen LogP contribution in [0.3, 0.4) is 0 Å². The first-order valence-corrected chi connectivity index (χ1v) is 8.64. The third-order valence-electron chi connectivity index (χ3n) is 3.73. The van der Waals surface area contributed by atoms with Crippen molar-refractivity contribution in [1.29, 1.82) is 0 Å². The Balaban J connectivity index is 1.97. The molecule has 0 unspecified atom stereocenters. The minimum Gasteiger partial charge on any atom is -0.394 e. The number of nitrogens with one attached hydrogen (secondary N) is 2. The molecule has 3 N–H and O–H groups in total. The summed E-state index contributed by atoms with van der Waals surface area (Å²) in [6.45, 7) is 3.78. The second-order valence-electron chi connectivity index (χ2n) is 5.99. The van der Waals surface area contributed by atoms with Gasteiger partial charge in [0.1, 0.15) is 5.82 Å². The van der Waals surface area contributed by atoms with E-state index in [1.807, 2.05) is 56.3 Å². The van der Waals surface area contributed by atoms with Crippen molar-refractivity contribution in [3.8, 4) is 11.4 Å². The summed E-state index contributed by atoms with van der Waals surface area (Å²) >= 11 is 6.09. The summed E-state index contributed by atoms with van der Waals surface area (Å²) in [4.78, 5) is 13.3. The summed E-state index contributed by atoms with van der Waals surface area (Å²) in [7, 11) is 0. The van der Waals surface area contributed by atoms with Gasteiger partial charge in [-0.3, -0.25) is 4.98 Å². The highest BCUT2D eigenvalue weighted by molar-refractivity contribution is 6.31. The Morgan fingerprint density at radius 3 is 2.65 bits per heavy atom. The van der Waals surface area contributed by atoms with Crippen molar-refractivity contribution in [2.45, 2.75) is 19.9 Å². The summed E-state index contributed by atoms with van der Waals surface area (Å²) in [5.74, 6) is 1.04. The Hall–Kier alpha value is -2.70. The van der Waals surface area contributed by atoms with Crippen LogP contribution in [-0.4, -0.2) is 32.7 Å². The number of nitrogens with zero attached hydrogens (tertiary/aromatic N) is 3. The zero-order chi connectivity index (χ0) is 18.5. The zero-order valence-electron chi connectivity index (χ0n) is 14.6. The molecule has 3 aromatic rings. The Morgan fingerprint density at radius 2 is 1.96 bits per heavy atom. The number of pyridine rings is 1. The number of aromatic nitrogens is 3. The van der Waals surface area contributed by atoms with Gasteiger partial charge in [0.05, 0.1) is 18.0 Å². The molecular formula is C19H20ClN5O. The smallest absolute Gasteiger partial charge is 0.225 e. The first-order valence-electron chi connectivity index (χ1n) is 8.26. The average molecular weight is 370 g/mol. The maximum Gasteiger partial charge on any atom is 0.225 e. The molecule has 0 aliphatic rings. The molecule has 1 aromatic carbocycles. The fourth-order valence-corrected chi connectivity index (χ4v) is 2.48. The molecule has 0 saturated heterocycles. The van der Waals surface area contributed by atoms with Gasteiger partial charge in [-0.15, -0.1) is 0 Å². The van der Waals surface area contributed by atoms with Gasteiger partial charge in [0.25, 0.3) is 0 Å². The Morgan fingerprint density at radius 1 is 1.12 bits per heavy atom. The molecule has 0 saturated carbocycles. The van der Waals surface area contributed by atoms with E-state index in [4.69, 9.17) is 11.6 Å². The molecule has 6 nitrogen and oxygen atoms in total. The van der Waals surface area contributed by atoms with Crippen molar-refractivity contribution in [3.63, 3.8) is 0 Å². The van der Waals surface area contributed by atoms with Crippen LogP contribution in [0.25, 0.3) is 11.4 Å². The summed E-state index contributed by atoms with van der Waals surface area (Å²) in [6.07, 6.45) is 1.72. The van der Waals surface area contributed by atoms with Crippen molar-refractivity contribution in [2.75, 3.05) is 17.2 Å². The van der Waals surface area contributed by atoms with Crippen LogP contribution in [0.1, 0.15) is 12.5 Å². The van der Waals surface area contributed by atoms with E-state index in [0.717, 1.165) is 16.9 Å². The first-order chi connectivity index (χ1) is 12.5. The minimum absolute atomic E-state index is 0.0175. The maximum atomic E-state index is 9.28. The Bertz CT molecular complexity index is 888. The van der Waals surface area contributed by atoms with Gasteiger partial charge in [-0.25, -0.2) is 4.98 Å². The van der Waals surface area contributed by atoms with E-state index < -0.39 is 0 Å². The van der Waals surface area contributed by atoms with Gasteiger partial charge in [0.15, 0.2) is 0 Å². The molecule has 0 amide bonds. The first kappa shape index (κ1) is 18.1. The molecule has 26 heavy (non-hydrogen) atoms. The van der Waals surface area contributed by atoms with Crippen LogP contribution >= 0.6 is 11.6 Å². The molecule has 0 bridgehead atoms. The molecule has 134 valence electrons. The normalized spacial score (nSPS) is 11.8. The fraction of sp³-hybridized carbons (Fsp3) is 0.211. The lowest BCUT2D eigenvalue weighted by molar-refractivity contribution is 0.281. The highest BCUT2D eigenvalue weighted by atomic mass is 35.5. The van der Waals surface area contributed by atoms with E-state index in [-0.39, 0.29) is 12.6 Å². The van der Waals surface area contributed by atoms with Gasteiger partial charge < -0.3 is 15.7 Å². The Kier molecular flexibility index (Phi) is 5.65. The van der Waals surface area contributed by atoms with Crippen LogP contribution in [0, 0.1) is 6.92 Å². The standard InChI is InChI=1S/C19H20ClN5O/c1-12-9-14(6-7-15(12)20)23-18-10-17(16-5-3-4-8-21-16)24-19(25-18)22-13(2)11-26/h3-10,13,26H,11H2,1-2H3,(H2,22,23,24,25)/t13-/m1/s1. The molecule has 0 aliphatic carbocycles. The number of hydrogen-bond acceptors (Lipinski definition) is 6. The van der Waals surface area contributed by atoms with Crippen LogP contribution in [0.5, 0.6) is 0 Å². The van der Waals surface area contributed by atoms with Crippen molar-refractivity contribution in [3.05, 3.63) is 59.2 Å². The van der Waals surface area contributed by atoms with E-state index >= 15 is 0 Å². The van der Waals surface area contributed by atoms with E-state index in [9.17, 15) is 5.11 Å². The summed E-state index contributed by atoms with van der Waals surface area (Å²) in [6, 6.07) is 13.0. The third-order valence-corrected chi connectivity index (χ3v) is 4.16. The van der Waals surface area contributed by atoms with Crippen molar-refractivity contribution < 1.29 is 5.11 Å². The van der Waals surface area contributed by atoms with E-state index in [1.165, 1.54) is 0 Å². The van der Waals surface area contributed by atoms with Gasteiger partial charge >= 0.3 is 0 Å².